The second-order valence-corrected chi connectivity index (χ2v) is 5.20. The lowest BCUT2D eigenvalue weighted by Gasteiger charge is -2.09. The van der Waals surface area contributed by atoms with E-state index in [4.69, 9.17) is 16.3 Å². The standard InChI is InChI=1S/C14H13ClN2O2S/c1-19-12-7-3-2-6-11(12)17-13(18)9-20-14-10(15)5-4-8-16-14/h2-8H,9H2,1H3,(H,17,18). The van der Waals surface area contributed by atoms with Crippen LogP contribution < -0.4 is 10.1 Å². The average molecular weight is 309 g/mol. The minimum atomic E-state index is -0.138. The summed E-state index contributed by atoms with van der Waals surface area (Å²) in [7, 11) is 1.56. The first-order valence-corrected chi connectivity index (χ1v) is 7.23. The van der Waals surface area contributed by atoms with Gasteiger partial charge in [0.1, 0.15) is 10.8 Å². The van der Waals surface area contributed by atoms with E-state index in [-0.39, 0.29) is 11.7 Å². The van der Waals surface area contributed by atoms with Crippen LogP contribution in [0.3, 0.4) is 0 Å². The molecule has 4 nitrogen and oxygen atoms in total. The van der Waals surface area contributed by atoms with Crippen molar-refractivity contribution < 1.29 is 9.53 Å². The van der Waals surface area contributed by atoms with Crippen LogP contribution in [0.4, 0.5) is 5.69 Å². The molecule has 1 N–H and O–H groups in total. The van der Waals surface area contributed by atoms with Gasteiger partial charge in [0.2, 0.25) is 5.91 Å². The summed E-state index contributed by atoms with van der Waals surface area (Å²) < 4.78 is 5.17. The van der Waals surface area contributed by atoms with Crippen molar-refractivity contribution in [3.05, 3.63) is 47.6 Å². The zero-order valence-corrected chi connectivity index (χ0v) is 12.4. The van der Waals surface area contributed by atoms with Crippen molar-refractivity contribution in [2.24, 2.45) is 0 Å². The number of nitrogens with zero attached hydrogens (tertiary/aromatic N) is 1. The molecule has 0 atom stereocenters. The minimum Gasteiger partial charge on any atom is -0.495 e. The molecule has 0 bridgehead atoms. The van der Waals surface area contributed by atoms with E-state index in [1.165, 1.54) is 11.8 Å². The van der Waals surface area contributed by atoms with Crippen LogP contribution in [0.1, 0.15) is 0 Å². The molecule has 0 radical (unpaired) electrons. The van der Waals surface area contributed by atoms with E-state index < -0.39 is 0 Å². The van der Waals surface area contributed by atoms with Gasteiger partial charge >= 0.3 is 0 Å². The summed E-state index contributed by atoms with van der Waals surface area (Å²) in [6.45, 7) is 0. The molecule has 0 saturated carbocycles. The van der Waals surface area contributed by atoms with Crippen molar-refractivity contribution in [1.82, 2.24) is 4.98 Å². The van der Waals surface area contributed by atoms with Crippen LogP contribution in [0.15, 0.2) is 47.6 Å². The Morgan fingerprint density at radius 1 is 1.35 bits per heavy atom. The summed E-state index contributed by atoms with van der Waals surface area (Å²) in [5.41, 5.74) is 0.646. The van der Waals surface area contributed by atoms with Gasteiger partial charge < -0.3 is 10.1 Å². The maximum atomic E-state index is 11.9. The number of para-hydroxylation sites is 2. The van der Waals surface area contributed by atoms with E-state index in [0.29, 0.717) is 21.5 Å². The quantitative estimate of drug-likeness (QED) is 0.859. The number of carbonyl (C=O) groups excluding carboxylic acids is 1. The van der Waals surface area contributed by atoms with Gasteiger partial charge in [0, 0.05) is 6.20 Å². The molecule has 0 aliphatic carbocycles. The number of benzene rings is 1. The summed E-state index contributed by atoms with van der Waals surface area (Å²) in [5.74, 6) is 0.720. The van der Waals surface area contributed by atoms with Crippen LogP contribution in [-0.4, -0.2) is 23.8 Å². The van der Waals surface area contributed by atoms with Crippen LogP contribution in [-0.2, 0) is 4.79 Å². The minimum absolute atomic E-state index is 0.138. The fraction of sp³-hybridized carbons (Fsp3) is 0.143. The second kappa shape index (κ2) is 7.17. The van der Waals surface area contributed by atoms with Gasteiger partial charge in [-0.2, -0.15) is 0 Å². The maximum absolute atomic E-state index is 11.9. The molecule has 0 fully saturated rings. The van der Waals surface area contributed by atoms with Gasteiger partial charge in [-0.05, 0) is 24.3 Å². The number of hydrogen-bond acceptors (Lipinski definition) is 4. The van der Waals surface area contributed by atoms with Gasteiger partial charge in [-0.25, -0.2) is 4.98 Å². The van der Waals surface area contributed by atoms with E-state index in [0.717, 1.165) is 0 Å². The Labute approximate surface area is 126 Å². The van der Waals surface area contributed by atoms with Gasteiger partial charge in [0.05, 0.1) is 23.6 Å². The highest BCUT2D eigenvalue weighted by atomic mass is 35.5. The first kappa shape index (κ1) is 14.7. The number of aromatic nitrogens is 1. The lowest BCUT2D eigenvalue weighted by Crippen LogP contribution is -2.14. The molecule has 1 heterocycles. The van der Waals surface area contributed by atoms with Crippen molar-refractivity contribution in [3.8, 4) is 5.75 Å². The zero-order chi connectivity index (χ0) is 14.4. The Bertz CT molecular complexity index is 607. The molecular weight excluding hydrogens is 296 g/mol. The molecule has 104 valence electrons. The Balaban J connectivity index is 1.95. The molecule has 0 saturated heterocycles. The molecule has 20 heavy (non-hydrogen) atoms. The fourth-order valence-corrected chi connectivity index (χ4v) is 2.51. The van der Waals surface area contributed by atoms with Crippen LogP contribution in [0, 0.1) is 0 Å². The number of ether oxygens (including phenoxy) is 1. The van der Waals surface area contributed by atoms with Crippen LogP contribution in [0.5, 0.6) is 5.75 Å². The molecular formula is C14H13ClN2O2S. The van der Waals surface area contributed by atoms with Crippen molar-refractivity contribution in [1.29, 1.82) is 0 Å². The number of carbonyl (C=O) groups is 1. The van der Waals surface area contributed by atoms with E-state index in [1.54, 1.807) is 37.6 Å². The topological polar surface area (TPSA) is 51.2 Å². The Morgan fingerprint density at radius 2 is 2.15 bits per heavy atom. The summed E-state index contributed by atoms with van der Waals surface area (Å²) in [6.07, 6.45) is 1.65. The largest absolute Gasteiger partial charge is 0.495 e. The van der Waals surface area contributed by atoms with E-state index in [1.807, 2.05) is 12.1 Å². The maximum Gasteiger partial charge on any atom is 0.234 e. The highest BCUT2D eigenvalue weighted by Crippen LogP contribution is 2.26. The molecule has 1 aromatic heterocycles. The van der Waals surface area contributed by atoms with Crippen molar-refractivity contribution >= 4 is 35.0 Å². The van der Waals surface area contributed by atoms with Crippen LogP contribution in [0.2, 0.25) is 5.02 Å². The monoisotopic (exact) mass is 308 g/mol. The summed E-state index contributed by atoms with van der Waals surface area (Å²) in [6, 6.07) is 10.8. The van der Waals surface area contributed by atoms with E-state index >= 15 is 0 Å². The lowest BCUT2D eigenvalue weighted by atomic mass is 10.3. The van der Waals surface area contributed by atoms with Gasteiger partial charge in [-0.3, -0.25) is 4.79 Å². The number of methoxy groups -OCH3 is 1. The van der Waals surface area contributed by atoms with Gasteiger partial charge in [-0.15, -0.1) is 0 Å². The Morgan fingerprint density at radius 3 is 2.90 bits per heavy atom. The van der Waals surface area contributed by atoms with Crippen LogP contribution in [0.25, 0.3) is 0 Å². The van der Waals surface area contributed by atoms with Gasteiger partial charge in [0.25, 0.3) is 0 Å². The number of anilines is 1. The predicted molar refractivity (Wildman–Crippen MR) is 81.6 cm³/mol. The van der Waals surface area contributed by atoms with Crippen molar-refractivity contribution in [2.75, 3.05) is 18.2 Å². The third-order valence-electron chi connectivity index (χ3n) is 2.45. The van der Waals surface area contributed by atoms with Gasteiger partial charge in [-0.1, -0.05) is 35.5 Å². The molecule has 1 aromatic carbocycles. The molecule has 6 heteroatoms. The van der Waals surface area contributed by atoms with E-state index in [9.17, 15) is 4.79 Å². The van der Waals surface area contributed by atoms with Crippen molar-refractivity contribution in [2.45, 2.75) is 5.03 Å². The summed E-state index contributed by atoms with van der Waals surface area (Å²) in [5, 5.41) is 3.98. The predicted octanol–water partition coefficient (Wildman–Crippen LogP) is 3.47. The number of hydrogen-bond donors (Lipinski definition) is 1. The third-order valence-corrected chi connectivity index (χ3v) is 3.87. The highest BCUT2D eigenvalue weighted by molar-refractivity contribution is 8.00. The molecule has 0 unspecified atom stereocenters. The molecule has 0 spiro atoms. The molecule has 0 aliphatic rings. The number of nitrogens with one attached hydrogen (secondary N) is 1. The van der Waals surface area contributed by atoms with Gasteiger partial charge in [0.15, 0.2) is 0 Å². The third kappa shape index (κ3) is 3.88. The lowest BCUT2D eigenvalue weighted by molar-refractivity contribution is -0.113. The van der Waals surface area contributed by atoms with Crippen LogP contribution >= 0.6 is 23.4 Å². The molecule has 2 rings (SSSR count). The molecule has 0 aliphatic heterocycles. The first-order valence-electron chi connectivity index (χ1n) is 5.87. The smallest absolute Gasteiger partial charge is 0.234 e. The fourth-order valence-electron chi connectivity index (χ4n) is 1.55. The van der Waals surface area contributed by atoms with Crippen molar-refractivity contribution in [3.63, 3.8) is 0 Å². The highest BCUT2D eigenvalue weighted by Gasteiger charge is 2.09. The SMILES string of the molecule is COc1ccccc1NC(=O)CSc1ncccc1Cl. The Kier molecular flexibility index (Phi) is 5.26. The number of thioether (sulfide) groups is 1. The average Bonchev–Trinajstić information content (AvgIpc) is 2.47. The number of amides is 1. The zero-order valence-electron chi connectivity index (χ0n) is 10.8. The normalized spacial score (nSPS) is 10.1. The number of rotatable bonds is 5. The molecule has 1 amide bonds. The second-order valence-electron chi connectivity index (χ2n) is 3.83. The first-order chi connectivity index (χ1) is 9.70. The number of pyridine rings is 1. The summed E-state index contributed by atoms with van der Waals surface area (Å²) >= 11 is 7.27. The Hall–Kier alpha value is -1.72. The number of halogens is 1. The molecule has 2 aromatic rings. The summed E-state index contributed by atoms with van der Waals surface area (Å²) in [4.78, 5) is 16.0. The van der Waals surface area contributed by atoms with E-state index in [2.05, 4.69) is 10.3 Å².